The first kappa shape index (κ1) is 25.5. The fraction of sp³-hybridized carbons (Fsp3) is 0.294. The van der Waals surface area contributed by atoms with Crippen LogP contribution in [0.2, 0.25) is 10.0 Å². The summed E-state index contributed by atoms with van der Waals surface area (Å²) >= 11 is 12.1. The zero-order valence-corrected chi connectivity index (χ0v) is 18.6. The predicted molar refractivity (Wildman–Crippen MR) is 119 cm³/mol. The van der Waals surface area contributed by atoms with Crippen molar-refractivity contribution in [3.63, 3.8) is 0 Å². The van der Waals surface area contributed by atoms with Gasteiger partial charge in [-0.3, -0.25) is 20.2 Å². The number of benzene rings is 2. The summed E-state index contributed by atoms with van der Waals surface area (Å²) in [6.07, 6.45) is -0.301. The molecule has 33 heavy (non-hydrogen) atoms. The molecule has 14 nitrogen and oxygen atoms in total. The van der Waals surface area contributed by atoms with E-state index in [0.717, 1.165) is 12.1 Å². The summed E-state index contributed by atoms with van der Waals surface area (Å²) in [5.41, 5.74) is -1.38. The lowest BCUT2D eigenvalue weighted by Gasteiger charge is -2.18. The molecule has 16 heteroatoms. The van der Waals surface area contributed by atoms with Crippen molar-refractivity contribution in [3.05, 3.63) is 85.9 Å². The van der Waals surface area contributed by atoms with Crippen LogP contribution in [0, 0.1) is 54.3 Å². The van der Waals surface area contributed by atoms with E-state index in [-0.39, 0.29) is 16.5 Å². The van der Waals surface area contributed by atoms with Crippen LogP contribution in [-0.4, -0.2) is 33.0 Å². The summed E-state index contributed by atoms with van der Waals surface area (Å²) in [6, 6.07) is 4.82. The largest absolute Gasteiger partial charge is 0.300 e. The molecule has 0 aliphatic carbocycles. The molecular weight excluding hydrogens is 487 g/mol. The van der Waals surface area contributed by atoms with Crippen LogP contribution in [0.1, 0.15) is 17.5 Å². The van der Waals surface area contributed by atoms with Gasteiger partial charge in [0.2, 0.25) is 11.4 Å². The van der Waals surface area contributed by atoms with Crippen LogP contribution >= 0.6 is 23.2 Å². The molecule has 0 aromatic heterocycles. The summed E-state index contributed by atoms with van der Waals surface area (Å²) in [4.78, 5) is 44.4. The Hall–Kier alpha value is -3.78. The van der Waals surface area contributed by atoms with Gasteiger partial charge in [0.15, 0.2) is 10.1 Å². The van der Waals surface area contributed by atoms with Crippen molar-refractivity contribution < 1.29 is 19.9 Å². The molecule has 0 heterocycles. The normalized spacial score (nSPS) is 10.5. The highest BCUT2D eigenvalue weighted by Gasteiger charge is 2.33. The molecule has 0 N–H and O–H groups in total. The second-order valence-electron chi connectivity index (χ2n) is 6.82. The van der Waals surface area contributed by atoms with Crippen molar-refractivity contribution in [1.29, 1.82) is 0 Å². The molecule has 0 aliphatic heterocycles. The predicted octanol–water partition coefficient (Wildman–Crippen LogP) is 4.51. The molecule has 0 aliphatic rings. The number of hydrogen-bond acceptors (Lipinski definition) is 8. The van der Waals surface area contributed by atoms with E-state index in [9.17, 15) is 40.5 Å². The van der Waals surface area contributed by atoms with Gasteiger partial charge in [-0.25, -0.2) is 20.2 Å². The maximum atomic E-state index is 11.6. The Bertz CT molecular complexity index is 1060. The van der Waals surface area contributed by atoms with Gasteiger partial charge in [-0.1, -0.05) is 33.2 Å². The van der Waals surface area contributed by atoms with Crippen molar-refractivity contribution in [2.45, 2.75) is 20.3 Å². The molecule has 0 bridgehead atoms. The lowest BCUT2D eigenvalue weighted by atomic mass is 10.1. The Balaban J connectivity index is 2.39. The summed E-state index contributed by atoms with van der Waals surface area (Å²) in [5.74, 6) is 0. The number of halogens is 2. The van der Waals surface area contributed by atoms with Gasteiger partial charge in [0.1, 0.15) is 0 Å². The molecule has 0 saturated heterocycles. The standard InChI is InChI=1S/C17H16Cl2N6O8/c1-10-6-12(18)16(14(8-10)22(26)27)20(24(30)31)4-3-5-21(25(32)33)17-13(19)7-11(2)9-15(17)23(28)29/h6-9H,3-5H2,1-2H3. The number of nitro groups is 4. The summed E-state index contributed by atoms with van der Waals surface area (Å²) in [6.45, 7) is 1.98. The molecule has 0 spiro atoms. The topological polar surface area (TPSA) is 179 Å². The lowest BCUT2D eigenvalue weighted by Crippen LogP contribution is -2.37. The van der Waals surface area contributed by atoms with Gasteiger partial charge in [0.25, 0.3) is 11.4 Å². The third-order valence-corrected chi connectivity index (χ3v) is 5.00. The Labute approximate surface area is 195 Å². The van der Waals surface area contributed by atoms with Crippen molar-refractivity contribution in [3.8, 4) is 0 Å². The lowest BCUT2D eigenvalue weighted by molar-refractivity contribution is -0.500. The molecule has 0 radical (unpaired) electrons. The molecule has 2 aromatic carbocycles. The maximum Gasteiger partial charge on any atom is 0.300 e. The van der Waals surface area contributed by atoms with Gasteiger partial charge in [0, 0.05) is 12.1 Å². The molecule has 2 rings (SSSR count). The smallest absolute Gasteiger partial charge is 0.258 e. The van der Waals surface area contributed by atoms with Gasteiger partial charge < -0.3 is 0 Å². The Morgan fingerprint density at radius 2 is 1.03 bits per heavy atom. The molecule has 0 atom stereocenters. The van der Waals surface area contributed by atoms with Crippen LogP contribution in [0.4, 0.5) is 22.7 Å². The molecule has 0 saturated carbocycles. The second-order valence-corrected chi connectivity index (χ2v) is 7.63. The highest BCUT2D eigenvalue weighted by atomic mass is 35.5. The van der Waals surface area contributed by atoms with Crippen LogP contribution in [0.3, 0.4) is 0 Å². The fourth-order valence-electron chi connectivity index (χ4n) is 3.14. The number of nitro benzene ring substituents is 2. The minimum Gasteiger partial charge on any atom is -0.258 e. The number of hydrazine groups is 2. The van der Waals surface area contributed by atoms with Crippen molar-refractivity contribution in [2.24, 2.45) is 0 Å². The quantitative estimate of drug-likeness (QED) is 0.331. The minimum atomic E-state index is -0.929. The third kappa shape index (κ3) is 5.72. The number of rotatable bonds is 10. The first-order chi connectivity index (χ1) is 15.3. The average Bonchev–Trinajstić information content (AvgIpc) is 2.68. The minimum absolute atomic E-state index is 0.248. The highest BCUT2D eigenvalue weighted by molar-refractivity contribution is 6.34. The van der Waals surface area contributed by atoms with Gasteiger partial charge in [-0.15, -0.1) is 0 Å². The number of aryl methyl sites for hydroxylation is 2. The Morgan fingerprint density at radius 1 is 0.697 bits per heavy atom. The van der Waals surface area contributed by atoms with E-state index in [0.29, 0.717) is 21.1 Å². The van der Waals surface area contributed by atoms with E-state index in [1.807, 2.05) is 0 Å². The van der Waals surface area contributed by atoms with E-state index < -0.39 is 55.8 Å². The van der Waals surface area contributed by atoms with Crippen LogP contribution in [-0.2, 0) is 0 Å². The molecule has 0 amide bonds. The van der Waals surface area contributed by atoms with Gasteiger partial charge in [-0.2, -0.15) is 0 Å². The number of nitrogens with zero attached hydrogens (tertiary/aromatic N) is 6. The number of hydrogen-bond donors (Lipinski definition) is 0. The van der Waals surface area contributed by atoms with Crippen LogP contribution in [0.15, 0.2) is 24.3 Å². The average molecular weight is 503 g/mol. The number of anilines is 2. The van der Waals surface area contributed by atoms with Gasteiger partial charge in [0.05, 0.1) is 33.0 Å². The first-order valence-corrected chi connectivity index (χ1v) is 9.83. The Kier molecular flexibility index (Phi) is 7.90. The Morgan fingerprint density at radius 3 is 1.30 bits per heavy atom. The summed E-state index contributed by atoms with van der Waals surface area (Å²) < 4.78 is 0. The maximum absolute atomic E-state index is 11.6. The molecular formula is C17H16Cl2N6O8. The second kappa shape index (κ2) is 10.2. The zero-order chi connectivity index (χ0) is 25.0. The highest BCUT2D eigenvalue weighted by Crippen LogP contribution is 2.38. The fourth-order valence-corrected chi connectivity index (χ4v) is 3.88. The molecule has 2 aromatic rings. The van der Waals surface area contributed by atoms with E-state index in [1.165, 1.54) is 26.0 Å². The van der Waals surface area contributed by atoms with Crippen molar-refractivity contribution in [2.75, 3.05) is 23.1 Å². The monoisotopic (exact) mass is 502 g/mol. The van der Waals surface area contributed by atoms with Gasteiger partial charge in [-0.05, 0) is 43.5 Å². The van der Waals surface area contributed by atoms with Crippen molar-refractivity contribution in [1.82, 2.24) is 0 Å². The van der Waals surface area contributed by atoms with Gasteiger partial charge >= 0.3 is 0 Å². The van der Waals surface area contributed by atoms with Crippen LogP contribution in [0.25, 0.3) is 0 Å². The van der Waals surface area contributed by atoms with Crippen LogP contribution < -0.4 is 10.0 Å². The SMILES string of the molecule is Cc1cc(Cl)c(N(CCCN(c2c(Cl)cc(C)cc2[N+](=O)[O-])[N+](=O)[O-])[N+](=O)[O-])c([N+](=O)[O-])c1. The summed E-state index contributed by atoms with van der Waals surface area (Å²) in [5, 5.41) is 44.5. The van der Waals surface area contributed by atoms with E-state index in [4.69, 9.17) is 23.2 Å². The van der Waals surface area contributed by atoms with Crippen LogP contribution in [0.5, 0.6) is 0 Å². The molecule has 176 valence electrons. The van der Waals surface area contributed by atoms with E-state index in [2.05, 4.69) is 0 Å². The first-order valence-electron chi connectivity index (χ1n) is 9.07. The summed E-state index contributed by atoms with van der Waals surface area (Å²) in [7, 11) is 0. The third-order valence-electron chi connectivity index (χ3n) is 4.42. The van der Waals surface area contributed by atoms with E-state index in [1.54, 1.807) is 0 Å². The van der Waals surface area contributed by atoms with E-state index >= 15 is 0 Å². The molecule has 0 fully saturated rings. The zero-order valence-electron chi connectivity index (χ0n) is 17.1. The molecule has 0 unspecified atom stereocenters. The van der Waals surface area contributed by atoms with Crippen molar-refractivity contribution >= 4 is 46.0 Å².